The van der Waals surface area contributed by atoms with Gasteiger partial charge in [-0.05, 0) is 49.9 Å². The summed E-state index contributed by atoms with van der Waals surface area (Å²) in [4.78, 5) is 0.392. The molecule has 1 aliphatic carbocycles. The van der Waals surface area contributed by atoms with E-state index in [9.17, 15) is 8.42 Å². The van der Waals surface area contributed by atoms with Gasteiger partial charge in [0.1, 0.15) is 0 Å². The molecule has 1 fully saturated rings. The molecule has 1 aromatic rings. The van der Waals surface area contributed by atoms with Crippen LogP contribution in [0.4, 0.5) is 0 Å². The monoisotopic (exact) mass is 296 g/mol. The first-order valence-electron chi connectivity index (χ1n) is 7.24. The van der Waals surface area contributed by atoms with Crippen molar-refractivity contribution in [1.29, 1.82) is 0 Å². The molecule has 20 heavy (non-hydrogen) atoms. The molecule has 2 rings (SSSR count). The van der Waals surface area contributed by atoms with Crippen LogP contribution in [0.3, 0.4) is 0 Å². The Bertz CT molecular complexity index is 553. The molecule has 0 saturated heterocycles. The Kier molecular flexibility index (Phi) is 4.83. The molecule has 0 amide bonds. The van der Waals surface area contributed by atoms with Crippen LogP contribution in [-0.4, -0.2) is 32.4 Å². The summed E-state index contributed by atoms with van der Waals surface area (Å²) < 4.78 is 26.8. The van der Waals surface area contributed by atoms with Gasteiger partial charge in [-0.3, -0.25) is 0 Å². The highest BCUT2D eigenvalue weighted by molar-refractivity contribution is 7.89. The minimum atomic E-state index is -3.39. The molecule has 0 heterocycles. The third-order valence-electron chi connectivity index (χ3n) is 4.03. The van der Waals surface area contributed by atoms with E-state index in [4.69, 9.17) is 0 Å². The third kappa shape index (κ3) is 3.40. The quantitative estimate of drug-likeness (QED) is 0.839. The molecule has 4 nitrogen and oxygen atoms in total. The molecule has 0 radical (unpaired) electrons. The van der Waals surface area contributed by atoms with Gasteiger partial charge in [0.25, 0.3) is 0 Å². The highest BCUT2D eigenvalue weighted by Crippen LogP contribution is 2.36. The van der Waals surface area contributed by atoms with Crippen LogP contribution >= 0.6 is 0 Å². The Morgan fingerprint density at radius 3 is 2.70 bits per heavy atom. The molecule has 112 valence electrons. The Labute approximate surface area is 122 Å². The molecule has 1 N–H and O–H groups in total. The van der Waals surface area contributed by atoms with Crippen molar-refractivity contribution in [3.8, 4) is 0 Å². The van der Waals surface area contributed by atoms with Crippen molar-refractivity contribution in [2.24, 2.45) is 5.92 Å². The van der Waals surface area contributed by atoms with Gasteiger partial charge in [-0.2, -0.15) is 4.31 Å². The number of hydrogen-bond donors (Lipinski definition) is 1. The van der Waals surface area contributed by atoms with E-state index < -0.39 is 10.0 Å². The minimum Gasteiger partial charge on any atom is -0.313 e. The lowest BCUT2D eigenvalue weighted by molar-refractivity contribution is 0.357. The van der Waals surface area contributed by atoms with Gasteiger partial charge in [-0.1, -0.05) is 19.1 Å². The number of rotatable bonds is 7. The number of nitrogens with one attached hydrogen (secondary N) is 1. The Morgan fingerprint density at radius 1 is 1.40 bits per heavy atom. The standard InChI is InChI=1S/C15H24N2O2S/c1-4-16-11-13-6-5-7-15(10-13)20(18,19)17(3)12(2)14-8-9-14/h5-7,10,12,14,16H,4,8-9,11H2,1-3H3. The summed E-state index contributed by atoms with van der Waals surface area (Å²) in [5.41, 5.74) is 1.00. The molecule has 1 aromatic carbocycles. The molecular formula is C15H24N2O2S. The van der Waals surface area contributed by atoms with E-state index in [1.807, 2.05) is 26.0 Å². The number of hydrogen-bond acceptors (Lipinski definition) is 3. The first-order valence-corrected chi connectivity index (χ1v) is 8.68. The van der Waals surface area contributed by atoms with E-state index in [0.717, 1.165) is 24.9 Å². The number of nitrogens with zero attached hydrogens (tertiary/aromatic N) is 1. The van der Waals surface area contributed by atoms with E-state index in [-0.39, 0.29) is 6.04 Å². The Balaban J connectivity index is 2.19. The lowest BCUT2D eigenvalue weighted by Gasteiger charge is -2.24. The Hall–Kier alpha value is -0.910. The summed E-state index contributed by atoms with van der Waals surface area (Å²) in [7, 11) is -1.70. The zero-order valence-electron chi connectivity index (χ0n) is 12.5. The van der Waals surface area contributed by atoms with Crippen molar-refractivity contribution in [3.63, 3.8) is 0 Å². The second kappa shape index (κ2) is 6.24. The zero-order chi connectivity index (χ0) is 14.8. The minimum absolute atomic E-state index is 0.0809. The molecule has 1 atom stereocenters. The predicted molar refractivity (Wildman–Crippen MR) is 81.0 cm³/mol. The van der Waals surface area contributed by atoms with Gasteiger partial charge in [0, 0.05) is 19.6 Å². The van der Waals surface area contributed by atoms with E-state index >= 15 is 0 Å². The SMILES string of the molecule is CCNCc1cccc(S(=O)(=O)N(C)C(C)C2CC2)c1. The van der Waals surface area contributed by atoms with Gasteiger partial charge >= 0.3 is 0 Å². The van der Waals surface area contributed by atoms with Crippen LogP contribution in [-0.2, 0) is 16.6 Å². The summed E-state index contributed by atoms with van der Waals surface area (Å²) in [6, 6.07) is 7.30. The summed E-state index contributed by atoms with van der Waals surface area (Å²) in [5.74, 6) is 0.528. The summed E-state index contributed by atoms with van der Waals surface area (Å²) in [6.07, 6.45) is 2.28. The van der Waals surface area contributed by atoms with Gasteiger partial charge in [0.05, 0.1) is 4.90 Å². The molecular weight excluding hydrogens is 272 g/mol. The normalized spacial score (nSPS) is 17.4. The second-order valence-corrected chi connectivity index (χ2v) is 7.52. The second-order valence-electron chi connectivity index (χ2n) is 5.53. The van der Waals surface area contributed by atoms with Gasteiger partial charge in [0.15, 0.2) is 0 Å². The number of sulfonamides is 1. The predicted octanol–water partition coefficient (Wildman–Crippen LogP) is 2.22. The number of benzene rings is 1. The smallest absolute Gasteiger partial charge is 0.243 e. The van der Waals surface area contributed by atoms with Gasteiger partial charge in [-0.15, -0.1) is 0 Å². The average molecular weight is 296 g/mol. The molecule has 1 aliphatic rings. The van der Waals surface area contributed by atoms with Gasteiger partial charge < -0.3 is 5.32 Å². The fourth-order valence-electron chi connectivity index (χ4n) is 2.35. The maximum atomic E-state index is 12.6. The first kappa shape index (κ1) is 15.5. The highest BCUT2D eigenvalue weighted by atomic mass is 32.2. The lowest BCUT2D eigenvalue weighted by atomic mass is 10.2. The molecule has 0 aromatic heterocycles. The highest BCUT2D eigenvalue weighted by Gasteiger charge is 2.35. The molecule has 5 heteroatoms. The van der Waals surface area contributed by atoms with Crippen molar-refractivity contribution < 1.29 is 8.42 Å². The Morgan fingerprint density at radius 2 is 2.10 bits per heavy atom. The maximum absolute atomic E-state index is 12.6. The molecule has 0 spiro atoms. The van der Waals surface area contributed by atoms with E-state index in [0.29, 0.717) is 17.4 Å². The van der Waals surface area contributed by atoms with E-state index in [1.54, 1.807) is 19.2 Å². The van der Waals surface area contributed by atoms with Crippen molar-refractivity contribution >= 4 is 10.0 Å². The molecule has 1 saturated carbocycles. The van der Waals surface area contributed by atoms with Crippen molar-refractivity contribution in [2.75, 3.05) is 13.6 Å². The van der Waals surface area contributed by atoms with Gasteiger partial charge in [0.2, 0.25) is 10.0 Å². The summed E-state index contributed by atoms with van der Waals surface area (Å²) >= 11 is 0. The average Bonchev–Trinajstić information content (AvgIpc) is 3.28. The van der Waals surface area contributed by atoms with Gasteiger partial charge in [-0.25, -0.2) is 8.42 Å². The topological polar surface area (TPSA) is 49.4 Å². The van der Waals surface area contributed by atoms with Crippen LogP contribution in [0.2, 0.25) is 0 Å². The van der Waals surface area contributed by atoms with E-state index in [2.05, 4.69) is 5.32 Å². The van der Waals surface area contributed by atoms with Crippen LogP contribution < -0.4 is 5.32 Å². The summed E-state index contributed by atoms with van der Waals surface area (Å²) in [5, 5.41) is 3.22. The van der Waals surface area contributed by atoms with Crippen LogP contribution in [0.15, 0.2) is 29.2 Å². The molecule has 0 aliphatic heterocycles. The van der Waals surface area contributed by atoms with Crippen LogP contribution in [0.5, 0.6) is 0 Å². The zero-order valence-corrected chi connectivity index (χ0v) is 13.3. The van der Waals surface area contributed by atoms with Crippen molar-refractivity contribution in [3.05, 3.63) is 29.8 Å². The fourth-order valence-corrected chi connectivity index (χ4v) is 3.84. The lowest BCUT2D eigenvalue weighted by Crippen LogP contribution is -2.36. The molecule has 1 unspecified atom stereocenters. The van der Waals surface area contributed by atoms with Crippen LogP contribution in [0, 0.1) is 5.92 Å². The van der Waals surface area contributed by atoms with Crippen LogP contribution in [0.1, 0.15) is 32.3 Å². The fraction of sp³-hybridized carbons (Fsp3) is 0.600. The van der Waals surface area contributed by atoms with Crippen LogP contribution in [0.25, 0.3) is 0 Å². The van der Waals surface area contributed by atoms with Crippen molar-refractivity contribution in [1.82, 2.24) is 9.62 Å². The first-order chi connectivity index (χ1) is 9.46. The largest absolute Gasteiger partial charge is 0.313 e. The third-order valence-corrected chi connectivity index (χ3v) is 5.97. The van der Waals surface area contributed by atoms with Crippen molar-refractivity contribution in [2.45, 2.75) is 44.2 Å². The summed E-state index contributed by atoms with van der Waals surface area (Å²) in [6.45, 7) is 5.60. The van der Waals surface area contributed by atoms with E-state index in [1.165, 1.54) is 4.31 Å². The maximum Gasteiger partial charge on any atom is 0.243 e. The molecule has 0 bridgehead atoms.